The van der Waals surface area contributed by atoms with Gasteiger partial charge in [0.15, 0.2) is 5.69 Å². The Morgan fingerprint density at radius 2 is 1.61 bits per heavy atom. The van der Waals surface area contributed by atoms with Gasteiger partial charge in [-0.3, -0.25) is 14.5 Å². The predicted molar refractivity (Wildman–Crippen MR) is 124 cm³/mol. The number of carbonyl (C=O) groups is 1. The van der Waals surface area contributed by atoms with Gasteiger partial charge in [0, 0.05) is 38.1 Å². The zero-order valence-corrected chi connectivity index (χ0v) is 18.1. The summed E-state index contributed by atoms with van der Waals surface area (Å²) >= 11 is 0. The lowest BCUT2D eigenvalue weighted by atomic mass is 10.1. The van der Waals surface area contributed by atoms with Crippen molar-refractivity contribution in [3.63, 3.8) is 0 Å². The minimum absolute atomic E-state index is 0.106. The molecule has 2 aromatic carbocycles. The summed E-state index contributed by atoms with van der Waals surface area (Å²) in [6.45, 7) is 7.58. The van der Waals surface area contributed by atoms with Crippen molar-refractivity contribution in [1.29, 1.82) is 0 Å². The predicted octanol–water partition coefficient (Wildman–Crippen LogP) is 3.45. The van der Waals surface area contributed by atoms with Gasteiger partial charge in [-0.05, 0) is 25.5 Å². The minimum atomic E-state index is -0.155. The molecular weight excluding hydrogens is 388 g/mol. The standard InChI is InChI=1S/C25H28N4O2/c1-19(2)29-24(30)22-13-7-6-12-21(22)23(26-29)25(31)28-17-15-27(16-18-28)14-8-11-20-9-4-3-5-10-20/h3-13,19H,14-18H2,1-2H3/b11-8+. The van der Waals surface area contributed by atoms with E-state index in [0.29, 0.717) is 29.6 Å². The molecule has 0 unspecified atom stereocenters. The average Bonchev–Trinajstić information content (AvgIpc) is 2.80. The molecule has 1 aromatic heterocycles. The molecule has 0 aliphatic carbocycles. The third kappa shape index (κ3) is 4.59. The summed E-state index contributed by atoms with van der Waals surface area (Å²) in [6, 6.07) is 17.4. The van der Waals surface area contributed by atoms with E-state index in [9.17, 15) is 9.59 Å². The van der Waals surface area contributed by atoms with Crippen molar-refractivity contribution in [2.45, 2.75) is 19.9 Å². The lowest BCUT2D eigenvalue weighted by Gasteiger charge is -2.34. The maximum absolute atomic E-state index is 13.3. The van der Waals surface area contributed by atoms with Crippen LogP contribution in [-0.4, -0.2) is 58.2 Å². The summed E-state index contributed by atoms with van der Waals surface area (Å²) in [7, 11) is 0. The third-order valence-corrected chi connectivity index (χ3v) is 5.65. The normalized spacial score (nSPS) is 15.3. The Balaban J connectivity index is 1.46. The lowest BCUT2D eigenvalue weighted by molar-refractivity contribution is 0.0643. The molecule has 0 radical (unpaired) electrons. The second-order valence-corrected chi connectivity index (χ2v) is 8.14. The van der Waals surface area contributed by atoms with E-state index < -0.39 is 0 Å². The summed E-state index contributed by atoms with van der Waals surface area (Å²) in [6.07, 6.45) is 4.29. The largest absolute Gasteiger partial charge is 0.335 e. The molecule has 0 N–H and O–H groups in total. The van der Waals surface area contributed by atoms with E-state index in [1.165, 1.54) is 10.2 Å². The van der Waals surface area contributed by atoms with E-state index in [-0.39, 0.29) is 17.5 Å². The summed E-state index contributed by atoms with van der Waals surface area (Å²) in [5, 5.41) is 5.63. The number of benzene rings is 2. The fourth-order valence-corrected chi connectivity index (χ4v) is 3.90. The molecule has 6 nitrogen and oxygen atoms in total. The van der Waals surface area contributed by atoms with E-state index in [1.54, 1.807) is 6.07 Å². The van der Waals surface area contributed by atoms with Crippen LogP contribution in [0.5, 0.6) is 0 Å². The van der Waals surface area contributed by atoms with Gasteiger partial charge >= 0.3 is 0 Å². The highest BCUT2D eigenvalue weighted by molar-refractivity contribution is 6.04. The second-order valence-electron chi connectivity index (χ2n) is 8.14. The Bertz CT molecular complexity index is 1140. The molecule has 2 heterocycles. The van der Waals surface area contributed by atoms with Crippen molar-refractivity contribution in [2.24, 2.45) is 0 Å². The molecule has 1 aliphatic heterocycles. The van der Waals surface area contributed by atoms with Gasteiger partial charge in [0.05, 0.1) is 11.4 Å². The van der Waals surface area contributed by atoms with Crippen LogP contribution >= 0.6 is 0 Å². The van der Waals surface area contributed by atoms with Crippen LogP contribution in [0.15, 0.2) is 65.5 Å². The summed E-state index contributed by atoms with van der Waals surface area (Å²) in [5.41, 5.74) is 1.40. The fraction of sp³-hybridized carbons (Fsp3) is 0.320. The van der Waals surface area contributed by atoms with E-state index >= 15 is 0 Å². The number of rotatable bonds is 5. The summed E-state index contributed by atoms with van der Waals surface area (Å²) < 4.78 is 1.42. The first kappa shape index (κ1) is 21.0. The van der Waals surface area contributed by atoms with Gasteiger partial charge in [-0.2, -0.15) is 5.10 Å². The highest BCUT2D eigenvalue weighted by atomic mass is 16.2. The highest BCUT2D eigenvalue weighted by Gasteiger charge is 2.25. The van der Waals surface area contributed by atoms with E-state index in [0.717, 1.165) is 19.6 Å². The topological polar surface area (TPSA) is 58.4 Å². The van der Waals surface area contributed by atoms with Crippen LogP contribution in [0.3, 0.4) is 0 Å². The smallest absolute Gasteiger partial charge is 0.275 e. The van der Waals surface area contributed by atoms with E-state index in [4.69, 9.17) is 0 Å². The van der Waals surface area contributed by atoms with Gasteiger partial charge in [0.2, 0.25) is 0 Å². The third-order valence-electron chi connectivity index (χ3n) is 5.65. The molecule has 6 heteroatoms. The number of amides is 1. The van der Waals surface area contributed by atoms with Gasteiger partial charge < -0.3 is 4.90 Å². The first-order valence-electron chi connectivity index (χ1n) is 10.8. The van der Waals surface area contributed by atoms with Crippen molar-refractivity contribution in [1.82, 2.24) is 19.6 Å². The molecule has 0 spiro atoms. The fourth-order valence-electron chi connectivity index (χ4n) is 3.90. The Labute approximate surface area is 182 Å². The van der Waals surface area contributed by atoms with Crippen LogP contribution in [0.4, 0.5) is 0 Å². The van der Waals surface area contributed by atoms with Crippen LogP contribution < -0.4 is 5.56 Å². The van der Waals surface area contributed by atoms with Crippen LogP contribution in [-0.2, 0) is 0 Å². The van der Waals surface area contributed by atoms with Crippen molar-refractivity contribution in [2.75, 3.05) is 32.7 Å². The number of aromatic nitrogens is 2. The Morgan fingerprint density at radius 1 is 0.968 bits per heavy atom. The quantitative estimate of drug-likeness (QED) is 0.639. The first-order chi connectivity index (χ1) is 15.0. The summed E-state index contributed by atoms with van der Waals surface area (Å²) in [5.74, 6) is -0.106. The Kier molecular flexibility index (Phi) is 6.28. The number of hydrogen-bond acceptors (Lipinski definition) is 4. The van der Waals surface area contributed by atoms with Crippen molar-refractivity contribution < 1.29 is 4.79 Å². The maximum atomic E-state index is 13.3. The molecular formula is C25H28N4O2. The first-order valence-corrected chi connectivity index (χ1v) is 10.8. The van der Waals surface area contributed by atoms with Gasteiger partial charge in [-0.1, -0.05) is 60.7 Å². The average molecular weight is 417 g/mol. The van der Waals surface area contributed by atoms with Gasteiger partial charge in [0.25, 0.3) is 11.5 Å². The van der Waals surface area contributed by atoms with Gasteiger partial charge in [0.1, 0.15) is 0 Å². The molecule has 4 rings (SSSR count). The van der Waals surface area contributed by atoms with Crippen LogP contribution in [0.2, 0.25) is 0 Å². The molecule has 160 valence electrons. The summed E-state index contributed by atoms with van der Waals surface area (Å²) in [4.78, 5) is 30.2. The maximum Gasteiger partial charge on any atom is 0.275 e. The molecule has 31 heavy (non-hydrogen) atoms. The van der Waals surface area contributed by atoms with Crippen molar-refractivity contribution in [3.05, 3.63) is 82.3 Å². The second kappa shape index (κ2) is 9.27. The molecule has 3 aromatic rings. The zero-order valence-electron chi connectivity index (χ0n) is 18.1. The molecule has 1 aliphatic rings. The Hall–Kier alpha value is -3.25. The SMILES string of the molecule is CC(C)n1nc(C(=O)N2CCN(C/C=C/c3ccccc3)CC2)c2ccccc2c1=O. The number of nitrogens with zero attached hydrogens (tertiary/aromatic N) is 4. The number of carbonyl (C=O) groups excluding carboxylic acids is 1. The van der Waals surface area contributed by atoms with E-state index in [2.05, 4.69) is 34.3 Å². The monoisotopic (exact) mass is 416 g/mol. The number of fused-ring (bicyclic) bond motifs is 1. The van der Waals surface area contributed by atoms with Crippen molar-refractivity contribution >= 4 is 22.8 Å². The minimum Gasteiger partial charge on any atom is -0.335 e. The van der Waals surface area contributed by atoms with Crippen LogP contribution in [0, 0.1) is 0 Å². The molecule has 1 amide bonds. The highest BCUT2D eigenvalue weighted by Crippen LogP contribution is 2.17. The van der Waals surface area contributed by atoms with Crippen LogP contribution in [0.1, 0.15) is 35.9 Å². The molecule has 1 saturated heterocycles. The van der Waals surface area contributed by atoms with Crippen molar-refractivity contribution in [3.8, 4) is 0 Å². The van der Waals surface area contributed by atoms with E-state index in [1.807, 2.05) is 55.1 Å². The van der Waals surface area contributed by atoms with Gasteiger partial charge in [-0.15, -0.1) is 0 Å². The molecule has 0 atom stereocenters. The number of hydrogen-bond donors (Lipinski definition) is 0. The van der Waals surface area contributed by atoms with Gasteiger partial charge in [-0.25, -0.2) is 4.68 Å². The lowest BCUT2D eigenvalue weighted by Crippen LogP contribution is -2.49. The Morgan fingerprint density at radius 3 is 2.29 bits per heavy atom. The molecule has 0 saturated carbocycles. The van der Waals surface area contributed by atoms with Crippen LogP contribution in [0.25, 0.3) is 16.8 Å². The molecule has 1 fully saturated rings. The molecule has 0 bridgehead atoms. The number of piperazine rings is 1. The zero-order chi connectivity index (χ0) is 21.8.